The maximum absolute atomic E-state index is 6.11. The normalized spacial score (nSPS) is 13.8. The van der Waals surface area contributed by atoms with Crippen LogP contribution in [0.25, 0.3) is 0 Å². The monoisotopic (exact) mass is 274 g/mol. The first-order valence-corrected chi connectivity index (χ1v) is 7.05. The van der Waals surface area contributed by atoms with Crippen molar-refractivity contribution >= 4 is 11.8 Å². The molecule has 0 saturated heterocycles. The Morgan fingerprint density at radius 1 is 1.26 bits per heavy atom. The molecule has 0 radical (unpaired) electrons. The summed E-state index contributed by atoms with van der Waals surface area (Å²) in [5.41, 5.74) is 7.25. The van der Waals surface area contributed by atoms with E-state index in [2.05, 4.69) is 17.1 Å². The lowest BCUT2D eigenvalue weighted by molar-refractivity contribution is 0.413. The van der Waals surface area contributed by atoms with E-state index in [-0.39, 0.29) is 11.3 Å². The van der Waals surface area contributed by atoms with Crippen LogP contribution in [0.5, 0.6) is 5.75 Å². The molecular weight excluding hydrogens is 256 g/mol. The molecule has 2 atom stereocenters. The van der Waals surface area contributed by atoms with Crippen LogP contribution in [0.3, 0.4) is 0 Å². The zero-order valence-corrected chi connectivity index (χ0v) is 11.9. The van der Waals surface area contributed by atoms with Gasteiger partial charge in [0.05, 0.1) is 12.4 Å². The van der Waals surface area contributed by atoms with E-state index < -0.39 is 0 Å². The van der Waals surface area contributed by atoms with E-state index in [4.69, 9.17) is 10.5 Å². The van der Waals surface area contributed by atoms with Gasteiger partial charge in [0.25, 0.3) is 0 Å². The minimum atomic E-state index is 0.0420. The average Bonchev–Trinajstić information content (AvgIpc) is 2.45. The summed E-state index contributed by atoms with van der Waals surface area (Å²) >= 11 is 1.73. The molecule has 100 valence electrons. The Morgan fingerprint density at radius 3 is 2.74 bits per heavy atom. The lowest BCUT2D eigenvalue weighted by Crippen LogP contribution is -2.22. The predicted octanol–water partition coefficient (Wildman–Crippen LogP) is 3.27. The van der Waals surface area contributed by atoms with E-state index in [0.717, 1.165) is 16.2 Å². The molecule has 0 aliphatic rings. The fourth-order valence-corrected chi connectivity index (χ4v) is 2.97. The lowest BCUT2D eigenvalue weighted by atomic mass is 10.1. The molecule has 2 aromatic rings. The second kappa shape index (κ2) is 6.59. The summed E-state index contributed by atoms with van der Waals surface area (Å²) in [6.45, 7) is 2.02. The Kier molecular flexibility index (Phi) is 4.82. The molecule has 19 heavy (non-hydrogen) atoms. The number of rotatable bonds is 5. The van der Waals surface area contributed by atoms with E-state index in [1.807, 2.05) is 37.4 Å². The van der Waals surface area contributed by atoms with Crippen LogP contribution >= 0.6 is 11.8 Å². The first-order valence-electron chi connectivity index (χ1n) is 6.17. The van der Waals surface area contributed by atoms with Crippen LogP contribution in [0.15, 0.2) is 53.7 Å². The number of hydrogen-bond donors (Lipinski definition) is 1. The highest BCUT2D eigenvalue weighted by Gasteiger charge is 2.18. The van der Waals surface area contributed by atoms with Gasteiger partial charge in [-0.25, -0.2) is 0 Å². The van der Waals surface area contributed by atoms with E-state index in [0.29, 0.717) is 0 Å². The molecule has 0 fully saturated rings. The van der Waals surface area contributed by atoms with Crippen LogP contribution in [0.1, 0.15) is 17.7 Å². The van der Waals surface area contributed by atoms with Crippen LogP contribution in [-0.4, -0.2) is 18.1 Å². The van der Waals surface area contributed by atoms with Gasteiger partial charge in [0.2, 0.25) is 0 Å². The molecule has 1 aromatic carbocycles. The third kappa shape index (κ3) is 3.72. The summed E-state index contributed by atoms with van der Waals surface area (Å²) in [6, 6.07) is 12.1. The van der Waals surface area contributed by atoms with Gasteiger partial charge in [-0.05, 0) is 36.8 Å². The van der Waals surface area contributed by atoms with Gasteiger partial charge in [-0.1, -0.05) is 12.1 Å². The van der Waals surface area contributed by atoms with Gasteiger partial charge in [-0.2, -0.15) is 0 Å². The third-order valence-corrected chi connectivity index (χ3v) is 4.28. The topological polar surface area (TPSA) is 48.1 Å². The Balaban J connectivity index is 2.21. The van der Waals surface area contributed by atoms with Crippen LogP contribution in [0.2, 0.25) is 0 Å². The number of nitrogens with zero attached hydrogens (tertiary/aromatic N) is 1. The zero-order chi connectivity index (χ0) is 13.7. The van der Waals surface area contributed by atoms with Crippen molar-refractivity contribution in [1.29, 1.82) is 0 Å². The van der Waals surface area contributed by atoms with E-state index in [1.54, 1.807) is 25.1 Å². The highest BCUT2D eigenvalue weighted by Crippen LogP contribution is 2.37. The molecule has 2 unspecified atom stereocenters. The molecule has 0 aliphatic heterocycles. The number of ether oxygens (including phenoxy) is 1. The van der Waals surface area contributed by atoms with Crippen molar-refractivity contribution in [3.8, 4) is 5.75 Å². The van der Waals surface area contributed by atoms with Gasteiger partial charge < -0.3 is 10.5 Å². The van der Waals surface area contributed by atoms with Crippen molar-refractivity contribution in [2.45, 2.75) is 23.1 Å². The van der Waals surface area contributed by atoms with Gasteiger partial charge in [0.15, 0.2) is 0 Å². The standard InChI is InChI=1S/C15H18N2OS/c1-11(16)15(12-5-4-8-17-10-12)19-14-7-3-6-13(9-14)18-2/h3-11,15H,16H2,1-2H3. The average molecular weight is 274 g/mol. The highest BCUT2D eigenvalue weighted by molar-refractivity contribution is 7.99. The Bertz CT molecular complexity index is 517. The molecule has 1 heterocycles. The van der Waals surface area contributed by atoms with Gasteiger partial charge in [-0.3, -0.25) is 4.98 Å². The molecule has 3 nitrogen and oxygen atoms in total. The zero-order valence-electron chi connectivity index (χ0n) is 11.1. The van der Waals surface area contributed by atoms with Crippen LogP contribution in [-0.2, 0) is 0 Å². The second-order valence-corrected chi connectivity index (χ2v) is 5.58. The summed E-state index contributed by atoms with van der Waals surface area (Å²) in [4.78, 5) is 5.31. The first kappa shape index (κ1) is 13.9. The molecule has 4 heteroatoms. The minimum Gasteiger partial charge on any atom is -0.497 e. The van der Waals surface area contributed by atoms with Crippen molar-refractivity contribution in [2.24, 2.45) is 5.73 Å². The number of nitrogens with two attached hydrogens (primary N) is 1. The van der Waals surface area contributed by atoms with Crippen molar-refractivity contribution in [1.82, 2.24) is 4.98 Å². The Labute approximate surface area is 118 Å². The Hall–Kier alpha value is -1.52. The number of hydrogen-bond acceptors (Lipinski definition) is 4. The molecule has 2 N–H and O–H groups in total. The van der Waals surface area contributed by atoms with Gasteiger partial charge >= 0.3 is 0 Å². The molecule has 0 amide bonds. The van der Waals surface area contributed by atoms with Crippen LogP contribution < -0.4 is 10.5 Å². The van der Waals surface area contributed by atoms with Gasteiger partial charge in [0.1, 0.15) is 5.75 Å². The second-order valence-electron chi connectivity index (χ2n) is 4.36. The SMILES string of the molecule is COc1cccc(SC(c2cccnc2)C(C)N)c1. The van der Waals surface area contributed by atoms with Crippen LogP contribution in [0.4, 0.5) is 0 Å². The first-order chi connectivity index (χ1) is 9.20. The molecule has 2 rings (SSSR count). The molecule has 0 bridgehead atoms. The number of benzene rings is 1. The van der Waals surface area contributed by atoms with E-state index >= 15 is 0 Å². The molecule has 0 spiro atoms. The number of methoxy groups -OCH3 is 1. The summed E-state index contributed by atoms with van der Waals surface area (Å²) in [5.74, 6) is 0.861. The molecule has 1 aromatic heterocycles. The van der Waals surface area contributed by atoms with Crippen molar-refractivity contribution < 1.29 is 4.74 Å². The van der Waals surface area contributed by atoms with Crippen molar-refractivity contribution in [3.05, 3.63) is 54.4 Å². The van der Waals surface area contributed by atoms with E-state index in [9.17, 15) is 0 Å². The fraction of sp³-hybridized carbons (Fsp3) is 0.267. The van der Waals surface area contributed by atoms with Gasteiger partial charge in [-0.15, -0.1) is 11.8 Å². The summed E-state index contributed by atoms with van der Waals surface area (Å²) in [7, 11) is 1.67. The maximum atomic E-state index is 6.11. The highest BCUT2D eigenvalue weighted by atomic mass is 32.2. The van der Waals surface area contributed by atoms with Crippen molar-refractivity contribution in [2.75, 3.05) is 7.11 Å². The van der Waals surface area contributed by atoms with Gasteiger partial charge in [0, 0.05) is 23.3 Å². The largest absolute Gasteiger partial charge is 0.497 e. The third-order valence-electron chi connectivity index (χ3n) is 2.79. The molecular formula is C15H18N2OS. The Morgan fingerprint density at radius 2 is 2.11 bits per heavy atom. The summed E-state index contributed by atoms with van der Waals surface area (Å²) < 4.78 is 5.25. The predicted molar refractivity (Wildman–Crippen MR) is 79.5 cm³/mol. The summed E-state index contributed by atoms with van der Waals surface area (Å²) in [5, 5.41) is 0.181. The quantitative estimate of drug-likeness (QED) is 0.850. The summed E-state index contributed by atoms with van der Waals surface area (Å²) in [6.07, 6.45) is 3.65. The minimum absolute atomic E-state index is 0.0420. The molecule has 0 saturated carbocycles. The molecule has 0 aliphatic carbocycles. The smallest absolute Gasteiger partial charge is 0.119 e. The maximum Gasteiger partial charge on any atom is 0.119 e. The number of thioether (sulfide) groups is 1. The lowest BCUT2D eigenvalue weighted by Gasteiger charge is -2.20. The fourth-order valence-electron chi connectivity index (χ4n) is 1.84. The number of aromatic nitrogens is 1. The van der Waals surface area contributed by atoms with Crippen LogP contribution in [0, 0.1) is 0 Å². The van der Waals surface area contributed by atoms with E-state index in [1.165, 1.54) is 0 Å². The van der Waals surface area contributed by atoms with Crippen molar-refractivity contribution in [3.63, 3.8) is 0 Å². The number of pyridine rings is 1.